The zero-order valence-electron chi connectivity index (χ0n) is 10.9. The molecular formula is C11H10N2O7S. The predicted molar refractivity (Wildman–Crippen MR) is 70.5 cm³/mol. The first kappa shape index (κ1) is 14.9. The minimum Gasteiger partial charge on any atom is -0.478 e. The van der Waals surface area contributed by atoms with E-state index in [9.17, 15) is 28.1 Å². The van der Waals surface area contributed by atoms with Gasteiger partial charge < -0.3 is 5.11 Å². The molecule has 1 aliphatic rings. The molecule has 112 valence electrons. The van der Waals surface area contributed by atoms with Gasteiger partial charge in [-0.1, -0.05) is 0 Å². The monoisotopic (exact) mass is 314 g/mol. The Hall–Kier alpha value is -2.49. The van der Waals surface area contributed by atoms with Crippen LogP contribution in [0, 0.1) is 10.1 Å². The highest BCUT2D eigenvalue weighted by Crippen LogP contribution is 2.41. The van der Waals surface area contributed by atoms with Crippen LogP contribution >= 0.6 is 0 Å². The average molecular weight is 314 g/mol. The number of hydrogen-bond acceptors (Lipinski definition) is 6. The maximum Gasteiger partial charge on any atom is 0.337 e. The van der Waals surface area contributed by atoms with Gasteiger partial charge in [-0.3, -0.25) is 14.9 Å². The lowest BCUT2D eigenvalue weighted by molar-refractivity contribution is -0.384. The van der Waals surface area contributed by atoms with E-state index in [0.29, 0.717) is 4.31 Å². The number of sulfonamides is 1. The Morgan fingerprint density at radius 1 is 1.38 bits per heavy atom. The zero-order chi connectivity index (χ0) is 16.2. The van der Waals surface area contributed by atoms with Gasteiger partial charge in [0.1, 0.15) is 0 Å². The van der Waals surface area contributed by atoms with E-state index in [2.05, 4.69) is 0 Å². The number of rotatable bonds is 3. The Morgan fingerprint density at radius 2 is 1.95 bits per heavy atom. The maximum absolute atomic E-state index is 12.1. The van der Waals surface area contributed by atoms with Crippen LogP contribution in [-0.2, 0) is 14.8 Å². The molecule has 0 aliphatic carbocycles. The molecule has 9 nitrogen and oxygen atoms in total. The van der Waals surface area contributed by atoms with Gasteiger partial charge >= 0.3 is 5.97 Å². The van der Waals surface area contributed by atoms with Gasteiger partial charge in [-0.2, -0.15) is 0 Å². The van der Waals surface area contributed by atoms with E-state index in [1.165, 1.54) is 13.8 Å². The van der Waals surface area contributed by atoms with Crippen LogP contribution in [0.15, 0.2) is 18.2 Å². The number of benzene rings is 1. The Kier molecular flexibility index (Phi) is 3.02. The van der Waals surface area contributed by atoms with Crippen LogP contribution < -0.4 is 4.31 Å². The number of anilines is 1. The summed E-state index contributed by atoms with van der Waals surface area (Å²) < 4.78 is 22.8. The Bertz CT molecular complexity index is 782. The summed E-state index contributed by atoms with van der Waals surface area (Å²) in [6, 6.07) is 2.58. The third-order valence-electron chi connectivity index (χ3n) is 3.23. The number of hydrogen-bond donors (Lipinski definition) is 1. The van der Waals surface area contributed by atoms with Crippen molar-refractivity contribution >= 4 is 33.3 Å². The van der Waals surface area contributed by atoms with Crippen LogP contribution in [0.25, 0.3) is 0 Å². The molecule has 0 saturated carbocycles. The third kappa shape index (κ3) is 1.87. The lowest BCUT2D eigenvalue weighted by atomic mass is 10.1. The molecule has 0 radical (unpaired) electrons. The maximum atomic E-state index is 12.1. The van der Waals surface area contributed by atoms with Crippen molar-refractivity contribution in [1.29, 1.82) is 0 Å². The molecule has 0 bridgehead atoms. The summed E-state index contributed by atoms with van der Waals surface area (Å²) in [5, 5.41) is 19.8. The molecule has 0 spiro atoms. The fraction of sp³-hybridized carbons (Fsp3) is 0.273. The van der Waals surface area contributed by atoms with Crippen molar-refractivity contribution in [1.82, 2.24) is 0 Å². The molecular weight excluding hydrogens is 304 g/mol. The van der Waals surface area contributed by atoms with Crippen molar-refractivity contribution in [2.24, 2.45) is 0 Å². The number of carboxylic acid groups (broad SMARTS) is 1. The van der Waals surface area contributed by atoms with E-state index < -0.39 is 48.5 Å². The fourth-order valence-electron chi connectivity index (χ4n) is 1.87. The first-order valence-corrected chi connectivity index (χ1v) is 7.07. The smallest absolute Gasteiger partial charge is 0.337 e. The van der Waals surface area contributed by atoms with Crippen LogP contribution in [0.4, 0.5) is 11.4 Å². The Labute approximate surface area is 119 Å². The summed E-state index contributed by atoms with van der Waals surface area (Å²) in [4.78, 5) is 33.0. The second-order valence-electron chi connectivity index (χ2n) is 4.85. The lowest BCUT2D eigenvalue weighted by Gasteiger charge is -2.43. The van der Waals surface area contributed by atoms with Crippen LogP contribution in [-0.4, -0.2) is 35.1 Å². The lowest BCUT2D eigenvalue weighted by Crippen LogP contribution is -2.68. The number of carboxylic acids is 1. The molecule has 1 amide bonds. The quantitative estimate of drug-likeness (QED) is 0.642. The topological polar surface area (TPSA) is 135 Å². The average Bonchev–Trinajstić information content (AvgIpc) is 2.37. The Morgan fingerprint density at radius 3 is 2.38 bits per heavy atom. The minimum atomic E-state index is -4.10. The highest BCUT2D eigenvalue weighted by molar-refractivity contribution is 7.98. The summed E-state index contributed by atoms with van der Waals surface area (Å²) in [5.74, 6) is -2.34. The van der Waals surface area contributed by atoms with Crippen molar-refractivity contribution in [3.8, 4) is 0 Å². The summed E-state index contributed by atoms with van der Waals surface area (Å²) in [5.41, 5.74) is -1.54. The third-order valence-corrected chi connectivity index (χ3v) is 5.53. The molecule has 21 heavy (non-hydrogen) atoms. The Balaban J connectivity index is 2.69. The predicted octanol–water partition coefficient (Wildman–Crippen LogP) is 0.748. The van der Waals surface area contributed by atoms with Gasteiger partial charge in [0.25, 0.3) is 21.6 Å². The van der Waals surface area contributed by atoms with Crippen LogP contribution in [0.1, 0.15) is 24.2 Å². The van der Waals surface area contributed by atoms with E-state index in [1.807, 2.05) is 0 Å². The normalized spacial score (nSPS) is 19.0. The van der Waals surface area contributed by atoms with Crippen LogP contribution in [0.2, 0.25) is 0 Å². The van der Waals surface area contributed by atoms with Crippen LogP contribution in [0.5, 0.6) is 0 Å². The molecule has 1 aliphatic heterocycles. The van der Waals surface area contributed by atoms with Gasteiger partial charge in [-0.15, -0.1) is 0 Å². The molecule has 1 fully saturated rings. The van der Waals surface area contributed by atoms with Gasteiger partial charge in [-0.25, -0.2) is 17.5 Å². The molecule has 1 saturated heterocycles. The van der Waals surface area contributed by atoms with E-state index in [1.54, 1.807) is 0 Å². The van der Waals surface area contributed by atoms with Gasteiger partial charge in [0.15, 0.2) is 4.75 Å². The van der Waals surface area contributed by atoms with Crippen molar-refractivity contribution in [3.05, 3.63) is 33.9 Å². The van der Waals surface area contributed by atoms with E-state index in [0.717, 1.165) is 18.2 Å². The first-order chi connectivity index (χ1) is 9.51. The summed E-state index contributed by atoms with van der Waals surface area (Å²) in [7, 11) is -4.10. The molecule has 0 atom stereocenters. The molecule has 2 rings (SSSR count). The molecule has 10 heteroatoms. The number of aromatic carboxylic acids is 1. The molecule has 1 heterocycles. The fourth-order valence-corrected chi connectivity index (χ4v) is 3.37. The molecule has 1 aromatic carbocycles. The second-order valence-corrected chi connectivity index (χ2v) is 7.18. The molecule has 1 N–H and O–H groups in total. The first-order valence-electron chi connectivity index (χ1n) is 5.63. The van der Waals surface area contributed by atoms with E-state index >= 15 is 0 Å². The number of carbonyl (C=O) groups is 2. The SMILES string of the molecule is CC1(C)C(=O)N(c2cc([N+](=O)[O-])ccc2C(=O)O)S1(=O)=O. The van der Waals surface area contributed by atoms with Crippen molar-refractivity contribution in [3.63, 3.8) is 0 Å². The van der Waals surface area contributed by atoms with E-state index in [-0.39, 0.29) is 0 Å². The van der Waals surface area contributed by atoms with Crippen molar-refractivity contribution < 1.29 is 28.0 Å². The number of non-ortho nitro benzene ring substituents is 1. The highest BCUT2D eigenvalue weighted by atomic mass is 32.2. The largest absolute Gasteiger partial charge is 0.478 e. The number of nitrogens with zero attached hydrogens (tertiary/aromatic N) is 2. The van der Waals surface area contributed by atoms with E-state index in [4.69, 9.17) is 5.11 Å². The van der Waals surface area contributed by atoms with Crippen molar-refractivity contribution in [2.45, 2.75) is 18.6 Å². The standard InChI is InChI=1S/C11H10N2O7S/c1-11(2)10(16)12(21(11,19)20)8-5-6(13(17)18)3-4-7(8)9(14)15/h3-5H,1-2H3,(H,14,15). The van der Waals surface area contributed by atoms with Crippen molar-refractivity contribution in [2.75, 3.05) is 4.31 Å². The van der Waals surface area contributed by atoms with Gasteiger partial charge in [0, 0.05) is 12.1 Å². The summed E-state index contributed by atoms with van der Waals surface area (Å²) in [6.07, 6.45) is 0. The summed E-state index contributed by atoms with van der Waals surface area (Å²) in [6.45, 7) is 2.36. The molecule has 1 aromatic rings. The summed E-state index contributed by atoms with van der Waals surface area (Å²) >= 11 is 0. The van der Waals surface area contributed by atoms with Crippen LogP contribution in [0.3, 0.4) is 0 Å². The number of nitro benzene ring substituents is 1. The molecule has 0 aromatic heterocycles. The number of carbonyl (C=O) groups excluding carboxylic acids is 1. The van der Waals surface area contributed by atoms with Gasteiger partial charge in [0.2, 0.25) is 0 Å². The number of amides is 1. The van der Waals surface area contributed by atoms with Gasteiger partial charge in [0.05, 0.1) is 16.2 Å². The molecule has 0 unspecified atom stereocenters. The van der Waals surface area contributed by atoms with Gasteiger partial charge in [-0.05, 0) is 19.9 Å². The highest BCUT2D eigenvalue weighted by Gasteiger charge is 2.61. The zero-order valence-corrected chi connectivity index (χ0v) is 11.7. The second kappa shape index (κ2) is 4.25. The minimum absolute atomic E-state index is 0.295. The number of nitro groups is 1.